The highest BCUT2D eigenvalue weighted by molar-refractivity contribution is 5.76. The molecule has 0 amide bonds. The molecule has 0 rings (SSSR count). The first kappa shape index (κ1) is 37.8. The van der Waals surface area contributed by atoms with E-state index in [1.54, 1.807) is 20.8 Å². The average Bonchev–Trinajstić information content (AvgIpc) is 2.85. The van der Waals surface area contributed by atoms with Crippen LogP contribution in [0.3, 0.4) is 0 Å². The molecule has 3 atom stereocenters. The molecule has 0 heterocycles. The summed E-state index contributed by atoms with van der Waals surface area (Å²) in [7, 11) is 0. The van der Waals surface area contributed by atoms with Gasteiger partial charge in [0, 0.05) is 0 Å². The lowest BCUT2D eigenvalue weighted by Crippen LogP contribution is -2.30. The van der Waals surface area contributed by atoms with E-state index >= 15 is 0 Å². The van der Waals surface area contributed by atoms with E-state index in [2.05, 4.69) is 0 Å². The molecule has 0 aliphatic carbocycles. The maximum Gasteiger partial charge on any atom is 0.311 e. The van der Waals surface area contributed by atoms with E-state index in [-0.39, 0.29) is 63.0 Å². The number of aliphatic hydroxyl groups is 4. The summed E-state index contributed by atoms with van der Waals surface area (Å²) < 4.78 is 14.4. The number of rotatable bonds is 13. The molecule has 35 heavy (non-hydrogen) atoms. The van der Waals surface area contributed by atoms with Gasteiger partial charge in [-0.1, -0.05) is 27.7 Å². The number of aliphatic hydroxyl groups excluding tert-OH is 4. The predicted octanol–water partition coefficient (Wildman–Crippen LogP) is 2.23. The zero-order chi connectivity index (χ0) is 28.2. The Morgan fingerprint density at radius 3 is 1.60 bits per heavy atom. The maximum atomic E-state index is 11.3. The molecule has 210 valence electrons. The molecular formula is C25H50O10. The van der Waals surface area contributed by atoms with Gasteiger partial charge in [-0.2, -0.15) is 0 Å². The summed E-state index contributed by atoms with van der Waals surface area (Å²) in [6.45, 7) is 15.8. The maximum absolute atomic E-state index is 11.3. The molecule has 0 fully saturated rings. The number of carbonyl (C=O) groups is 3. The van der Waals surface area contributed by atoms with E-state index in [1.807, 2.05) is 41.5 Å². The molecule has 10 heteroatoms. The molecule has 0 aromatic rings. The Kier molecular flexibility index (Phi) is 22.1. The zero-order valence-electron chi connectivity index (χ0n) is 23.1. The van der Waals surface area contributed by atoms with Crippen LogP contribution in [0.25, 0.3) is 0 Å². The molecule has 0 radical (unpaired) electrons. The number of carbonyl (C=O) groups excluding carboxylic acids is 3. The summed E-state index contributed by atoms with van der Waals surface area (Å²) in [6.07, 6.45) is 0.850. The highest BCUT2D eigenvalue weighted by Crippen LogP contribution is 2.21. The summed E-state index contributed by atoms with van der Waals surface area (Å²) >= 11 is 0. The number of hydrogen-bond acceptors (Lipinski definition) is 10. The normalized spacial score (nSPS) is 13.6. The van der Waals surface area contributed by atoms with E-state index in [4.69, 9.17) is 34.6 Å². The summed E-state index contributed by atoms with van der Waals surface area (Å²) in [5, 5.41) is 34.3. The van der Waals surface area contributed by atoms with E-state index in [0.29, 0.717) is 6.42 Å². The molecule has 0 spiro atoms. The number of hydrogen-bond donors (Lipinski definition) is 4. The molecule has 0 aromatic carbocycles. The second-order valence-electron chi connectivity index (χ2n) is 9.51. The topological polar surface area (TPSA) is 160 Å². The van der Waals surface area contributed by atoms with Crippen molar-refractivity contribution in [3.63, 3.8) is 0 Å². The Labute approximate surface area is 211 Å². The van der Waals surface area contributed by atoms with Crippen molar-refractivity contribution in [3.8, 4) is 0 Å². The third-order valence-electron chi connectivity index (χ3n) is 5.40. The SMILES string of the molecule is CCC(C)(C)C(=O)OCC(O)CO.CCC(C)(C)C(=O)OCCO.CCC(C)C(=O)OC(C)CO. The average molecular weight is 511 g/mol. The Balaban J connectivity index is -0.000000441. The van der Waals surface area contributed by atoms with E-state index in [1.165, 1.54) is 0 Å². The molecule has 0 aromatic heterocycles. The van der Waals surface area contributed by atoms with E-state index < -0.39 is 16.9 Å². The lowest BCUT2D eigenvalue weighted by molar-refractivity contribution is -0.158. The Bertz CT molecular complexity index is 575. The van der Waals surface area contributed by atoms with Crippen LogP contribution in [-0.2, 0) is 28.6 Å². The van der Waals surface area contributed by atoms with Crippen LogP contribution >= 0.6 is 0 Å². The van der Waals surface area contributed by atoms with Crippen molar-refractivity contribution in [1.29, 1.82) is 0 Å². The minimum atomic E-state index is -0.975. The third-order valence-corrected chi connectivity index (χ3v) is 5.40. The minimum absolute atomic E-state index is 0.0657. The molecule has 10 nitrogen and oxygen atoms in total. The number of ether oxygens (including phenoxy) is 3. The highest BCUT2D eigenvalue weighted by atomic mass is 16.6. The molecule has 0 bridgehead atoms. The van der Waals surface area contributed by atoms with Crippen molar-refractivity contribution >= 4 is 17.9 Å². The smallest absolute Gasteiger partial charge is 0.311 e. The molecule has 3 unspecified atom stereocenters. The van der Waals surface area contributed by atoms with Gasteiger partial charge >= 0.3 is 17.9 Å². The Morgan fingerprint density at radius 2 is 1.26 bits per heavy atom. The highest BCUT2D eigenvalue weighted by Gasteiger charge is 2.27. The first-order valence-electron chi connectivity index (χ1n) is 12.1. The zero-order valence-corrected chi connectivity index (χ0v) is 23.1. The molecule has 0 saturated carbocycles. The van der Waals surface area contributed by atoms with Crippen LogP contribution in [0.4, 0.5) is 0 Å². The predicted molar refractivity (Wildman–Crippen MR) is 132 cm³/mol. The van der Waals surface area contributed by atoms with E-state index in [0.717, 1.165) is 12.8 Å². The van der Waals surface area contributed by atoms with Gasteiger partial charge in [0.15, 0.2) is 0 Å². The van der Waals surface area contributed by atoms with Gasteiger partial charge in [0.2, 0.25) is 0 Å². The third kappa shape index (κ3) is 19.2. The molecule has 4 N–H and O–H groups in total. The van der Waals surface area contributed by atoms with Gasteiger partial charge < -0.3 is 34.6 Å². The van der Waals surface area contributed by atoms with Crippen LogP contribution in [0, 0.1) is 16.7 Å². The summed E-state index contributed by atoms with van der Waals surface area (Å²) in [5.41, 5.74) is -0.940. The summed E-state index contributed by atoms with van der Waals surface area (Å²) in [4.78, 5) is 33.4. The fourth-order valence-corrected chi connectivity index (χ4v) is 1.56. The summed E-state index contributed by atoms with van der Waals surface area (Å²) in [5.74, 6) is -0.880. The molecular weight excluding hydrogens is 460 g/mol. The van der Waals surface area contributed by atoms with Crippen molar-refractivity contribution < 1.29 is 49.0 Å². The van der Waals surface area contributed by atoms with Crippen molar-refractivity contribution in [3.05, 3.63) is 0 Å². The summed E-state index contributed by atoms with van der Waals surface area (Å²) in [6, 6.07) is 0. The lowest BCUT2D eigenvalue weighted by Gasteiger charge is -2.21. The fraction of sp³-hybridized carbons (Fsp3) is 0.880. The quantitative estimate of drug-likeness (QED) is 0.214. The van der Waals surface area contributed by atoms with Crippen LogP contribution in [0.5, 0.6) is 0 Å². The largest absolute Gasteiger partial charge is 0.463 e. The van der Waals surface area contributed by atoms with Crippen molar-refractivity contribution in [2.24, 2.45) is 16.7 Å². The molecule has 0 aliphatic heterocycles. The van der Waals surface area contributed by atoms with Crippen LogP contribution in [-0.4, -0.2) is 83.6 Å². The Morgan fingerprint density at radius 1 is 0.800 bits per heavy atom. The van der Waals surface area contributed by atoms with Crippen LogP contribution in [0.2, 0.25) is 0 Å². The van der Waals surface area contributed by atoms with Gasteiger partial charge in [-0.05, 0) is 53.9 Å². The molecule has 0 saturated heterocycles. The molecule has 0 aliphatic rings. The second kappa shape index (κ2) is 20.4. The van der Waals surface area contributed by atoms with Crippen molar-refractivity contribution in [2.45, 2.75) is 93.8 Å². The Hall–Kier alpha value is -1.75. The first-order chi connectivity index (χ1) is 16.1. The van der Waals surface area contributed by atoms with Crippen molar-refractivity contribution in [1.82, 2.24) is 0 Å². The lowest BCUT2D eigenvalue weighted by atomic mass is 9.91. The van der Waals surface area contributed by atoms with Gasteiger partial charge in [-0.3, -0.25) is 14.4 Å². The van der Waals surface area contributed by atoms with Crippen LogP contribution in [0.15, 0.2) is 0 Å². The van der Waals surface area contributed by atoms with Gasteiger partial charge in [0.05, 0.1) is 36.6 Å². The van der Waals surface area contributed by atoms with Gasteiger partial charge in [-0.15, -0.1) is 0 Å². The van der Waals surface area contributed by atoms with Crippen LogP contribution in [0.1, 0.15) is 81.6 Å². The number of esters is 3. The standard InChI is InChI=1S/C9H18O4.2C8H16O3/c1-4-9(2,3)8(12)13-6-7(11)5-10;1-4-8(2,3)7(10)11-6-5-9;1-4-6(2)8(10)11-7(3)5-9/h7,10-11H,4-6H2,1-3H3;9H,4-6H2,1-3H3;6-7,9H,4-5H2,1-3H3. The van der Waals surface area contributed by atoms with E-state index in [9.17, 15) is 14.4 Å². The fourth-order valence-electron chi connectivity index (χ4n) is 1.56. The second-order valence-corrected chi connectivity index (χ2v) is 9.51. The first-order valence-corrected chi connectivity index (χ1v) is 12.1. The van der Waals surface area contributed by atoms with Gasteiger partial charge in [0.25, 0.3) is 0 Å². The van der Waals surface area contributed by atoms with Crippen LogP contribution < -0.4 is 0 Å². The van der Waals surface area contributed by atoms with Gasteiger partial charge in [-0.25, -0.2) is 0 Å². The minimum Gasteiger partial charge on any atom is -0.463 e. The van der Waals surface area contributed by atoms with Crippen molar-refractivity contribution in [2.75, 3.05) is 33.0 Å². The monoisotopic (exact) mass is 510 g/mol. The van der Waals surface area contributed by atoms with Gasteiger partial charge in [0.1, 0.15) is 25.4 Å².